The van der Waals surface area contributed by atoms with Gasteiger partial charge in [0.15, 0.2) is 11.4 Å². The van der Waals surface area contributed by atoms with Gasteiger partial charge in [-0.2, -0.15) is 0 Å². The van der Waals surface area contributed by atoms with Crippen molar-refractivity contribution in [2.75, 3.05) is 0 Å². The second kappa shape index (κ2) is 7.94. The molecule has 1 aromatic heterocycles. The molecule has 4 rings (SSSR count). The number of hydrogen-bond donors (Lipinski definition) is 2. The Morgan fingerprint density at radius 3 is 2.62 bits per heavy atom. The lowest BCUT2D eigenvalue weighted by atomic mass is 10.2. The Labute approximate surface area is 174 Å². The van der Waals surface area contributed by atoms with Gasteiger partial charge in [0.2, 0.25) is 5.88 Å². The van der Waals surface area contributed by atoms with Crippen molar-refractivity contribution in [1.82, 2.24) is 4.98 Å². The third-order valence-corrected chi connectivity index (χ3v) is 5.39. The van der Waals surface area contributed by atoms with Crippen LogP contribution in [0.3, 0.4) is 0 Å². The standard InChI is InChI=1S/C20H13ClN4O3S/c21-12-5-3-6-13(11-12)29-17-10-4-8-15-18(17)19(20(26)22-15)24-23-14-7-1-2-9-16(14)25(27)28/h1-11,22,26H. The molecule has 4 aromatic rings. The monoisotopic (exact) mass is 424 g/mol. The van der Waals surface area contributed by atoms with E-state index in [0.29, 0.717) is 15.9 Å². The average Bonchev–Trinajstić information content (AvgIpc) is 3.02. The molecule has 144 valence electrons. The highest BCUT2D eigenvalue weighted by Gasteiger charge is 2.17. The summed E-state index contributed by atoms with van der Waals surface area (Å²) < 4.78 is 0. The van der Waals surface area contributed by atoms with Gasteiger partial charge in [0.05, 0.1) is 10.4 Å². The molecule has 0 spiro atoms. The first-order valence-corrected chi connectivity index (χ1v) is 9.64. The number of nitrogens with zero attached hydrogens (tertiary/aromatic N) is 3. The number of nitro benzene ring substituents is 1. The summed E-state index contributed by atoms with van der Waals surface area (Å²) in [6.45, 7) is 0. The summed E-state index contributed by atoms with van der Waals surface area (Å²) in [5.41, 5.74) is 0.824. The third kappa shape index (κ3) is 3.94. The summed E-state index contributed by atoms with van der Waals surface area (Å²) in [6.07, 6.45) is 0. The molecule has 0 aliphatic heterocycles. The number of aromatic hydroxyl groups is 1. The van der Waals surface area contributed by atoms with E-state index in [0.717, 1.165) is 9.79 Å². The van der Waals surface area contributed by atoms with Crippen LogP contribution in [0.15, 0.2) is 86.7 Å². The number of aromatic nitrogens is 1. The number of aromatic amines is 1. The Balaban J connectivity index is 1.79. The molecule has 3 aromatic carbocycles. The minimum absolute atomic E-state index is 0.103. The molecule has 0 atom stereocenters. The van der Waals surface area contributed by atoms with Gasteiger partial charge in [-0.3, -0.25) is 10.1 Å². The summed E-state index contributed by atoms with van der Waals surface area (Å²) in [7, 11) is 0. The number of hydrogen-bond acceptors (Lipinski definition) is 6. The lowest BCUT2D eigenvalue weighted by Gasteiger charge is -2.04. The maximum atomic E-state index is 11.2. The van der Waals surface area contributed by atoms with Crippen molar-refractivity contribution < 1.29 is 10.0 Å². The highest BCUT2D eigenvalue weighted by Crippen LogP contribution is 2.44. The third-order valence-electron chi connectivity index (χ3n) is 4.10. The van der Waals surface area contributed by atoms with Crippen LogP contribution in [-0.2, 0) is 0 Å². The van der Waals surface area contributed by atoms with Crippen LogP contribution >= 0.6 is 23.4 Å². The van der Waals surface area contributed by atoms with Gasteiger partial charge in [-0.05, 0) is 36.4 Å². The van der Waals surface area contributed by atoms with Crippen LogP contribution in [0.4, 0.5) is 17.1 Å². The van der Waals surface area contributed by atoms with E-state index in [1.807, 2.05) is 30.3 Å². The van der Waals surface area contributed by atoms with Crippen LogP contribution < -0.4 is 0 Å². The smallest absolute Gasteiger partial charge is 0.296 e. The van der Waals surface area contributed by atoms with Gasteiger partial charge in [0.1, 0.15) is 0 Å². The summed E-state index contributed by atoms with van der Waals surface area (Å²) in [4.78, 5) is 15.3. The molecule has 1 heterocycles. The highest BCUT2D eigenvalue weighted by molar-refractivity contribution is 7.99. The predicted octanol–water partition coefficient (Wildman–Crippen LogP) is 7.00. The molecule has 0 aliphatic rings. The van der Waals surface area contributed by atoms with Gasteiger partial charge in [-0.25, -0.2) is 0 Å². The summed E-state index contributed by atoms with van der Waals surface area (Å²) in [6, 6.07) is 19.0. The number of nitrogens with one attached hydrogen (secondary N) is 1. The maximum Gasteiger partial charge on any atom is 0.296 e. The number of rotatable bonds is 5. The largest absolute Gasteiger partial charge is 0.493 e. The molecule has 0 saturated heterocycles. The zero-order chi connectivity index (χ0) is 20.4. The predicted molar refractivity (Wildman–Crippen MR) is 113 cm³/mol. The van der Waals surface area contributed by atoms with Crippen LogP contribution in [0.2, 0.25) is 5.02 Å². The van der Waals surface area contributed by atoms with E-state index >= 15 is 0 Å². The molecule has 0 amide bonds. The van der Waals surface area contributed by atoms with Gasteiger partial charge in [-0.1, -0.05) is 47.6 Å². The molecule has 9 heteroatoms. The SMILES string of the molecule is O=[N+]([O-])c1ccccc1N=Nc1c(O)[nH]c2cccc(Sc3cccc(Cl)c3)c12. The number of H-pyrrole nitrogens is 1. The molecule has 2 N–H and O–H groups in total. The topological polar surface area (TPSA) is 104 Å². The van der Waals surface area contributed by atoms with Gasteiger partial charge in [0.25, 0.3) is 5.69 Å². The first-order valence-electron chi connectivity index (χ1n) is 8.45. The van der Waals surface area contributed by atoms with Crippen molar-refractivity contribution in [3.05, 3.63) is 81.9 Å². The zero-order valence-corrected chi connectivity index (χ0v) is 16.3. The molecule has 0 saturated carbocycles. The van der Waals surface area contributed by atoms with Crippen LogP contribution in [-0.4, -0.2) is 15.0 Å². The average molecular weight is 425 g/mol. The van der Waals surface area contributed by atoms with Gasteiger partial charge >= 0.3 is 0 Å². The number of halogens is 1. The molecule has 0 bridgehead atoms. The quantitative estimate of drug-likeness (QED) is 0.204. The number of fused-ring (bicyclic) bond motifs is 1. The lowest BCUT2D eigenvalue weighted by molar-refractivity contribution is -0.384. The molecule has 7 nitrogen and oxygen atoms in total. The van der Waals surface area contributed by atoms with E-state index < -0.39 is 4.92 Å². The first kappa shape index (κ1) is 19.0. The molecular weight excluding hydrogens is 412 g/mol. The fourth-order valence-corrected chi connectivity index (χ4v) is 4.13. The van der Waals surface area contributed by atoms with Crippen LogP contribution in [0.5, 0.6) is 5.88 Å². The summed E-state index contributed by atoms with van der Waals surface area (Å²) >= 11 is 7.54. The number of azo groups is 1. The maximum absolute atomic E-state index is 11.2. The van der Waals surface area contributed by atoms with Crippen LogP contribution in [0.25, 0.3) is 10.9 Å². The molecular formula is C20H13ClN4O3S. The van der Waals surface area contributed by atoms with E-state index in [4.69, 9.17) is 11.6 Å². The molecule has 0 aliphatic carbocycles. The van der Waals surface area contributed by atoms with Gasteiger partial charge in [0, 0.05) is 26.3 Å². The Morgan fingerprint density at radius 1 is 1.03 bits per heavy atom. The Kier molecular flexibility index (Phi) is 5.20. The number of para-hydroxylation sites is 1. The Bertz CT molecular complexity index is 1260. The van der Waals surface area contributed by atoms with Crippen LogP contribution in [0, 0.1) is 10.1 Å². The Morgan fingerprint density at radius 2 is 1.83 bits per heavy atom. The molecule has 0 unspecified atom stereocenters. The van der Waals surface area contributed by atoms with Crippen molar-refractivity contribution in [3.8, 4) is 5.88 Å². The lowest BCUT2D eigenvalue weighted by Crippen LogP contribution is -1.86. The molecule has 29 heavy (non-hydrogen) atoms. The van der Waals surface area contributed by atoms with E-state index in [9.17, 15) is 15.2 Å². The Hall–Kier alpha value is -3.36. The van der Waals surface area contributed by atoms with Crippen molar-refractivity contribution in [2.45, 2.75) is 9.79 Å². The summed E-state index contributed by atoms with van der Waals surface area (Å²) in [5, 5.41) is 31.0. The van der Waals surface area contributed by atoms with Crippen molar-refractivity contribution in [1.29, 1.82) is 0 Å². The molecule has 0 fully saturated rings. The minimum Gasteiger partial charge on any atom is -0.493 e. The van der Waals surface area contributed by atoms with E-state index in [-0.39, 0.29) is 22.9 Å². The van der Waals surface area contributed by atoms with E-state index in [1.165, 1.54) is 23.9 Å². The van der Waals surface area contributed by atoms with Gasteiger partial charge < -0.3 is 10.1 Å². The van der Waals surface area contributed by atoms with E-state index in [1.54, 1.807) is 24.3 Å². The summed E-state index contributed by atoms with van der Waals surface area (Å²) in [5.74, 6) is -0.165. The van der Waals surface area contributed by atoms with E-state index in [2.05, 4.69) is 15.2 Å². The van der Waals surface area contributed by atoms with Crippen molar-refractivity contribution >= 4 is 51.3 Å². The normalized spacial score (nSPS) is 11.3. The highest BCUT2D eigenvalue weighted by atomic mass is 35.5. The van der Waals surface area contributed by atoms with Crippen molar-refractivity contribution in [3.63, 3.8) is 0 Å². The fraction of sp³-hybridized carbons (Fsp3) is 0. The zero-order valence-electron chi connectivity index (χ0n) is 14.7. The second-order valence-electron chi connectivity index (χ2n) is 6.01. The van der Waals surface area contributed by atoms with Crippen molar-refractivity contribution in [2.24, 2.45) is 10.2 Å². The first-order chi connectivity index (χ1) is 14.0. The van der Waals surface area contributed by atoms with Gasteiger partial charge in [-0.15, -0.1) is 10.2 Å². The molecule has 0 radical (unpaired) electrons. The minimum atomic E-state index is -0.524. The fourth-order valence-electron chi connectivity index (χ4n) is 2.83. The number of nitro groups is 1. The van der Waals surface area contributed by atoms with Crippen LogP contribution in [0.1, 0.15) is 0 Å². The second-order valence-corrected chi connectivity index (χ2v) is 7.56. The number of benzene rings is 3.